The van der Waals surface area contributed by atoms with Crippen LogP contribution < -0.4 is 10.1 Å². The summed E-state index contributed by atoms with van der Waals surface area (Å²) in [6.07, 6.45) is 0.990. The summed E-state index contributed by atoms with van der Waals surface area (Å²) in [4.78, 5) is 0. The Morgan fingerprint density at radius 3 is 2.95 bits per heavy atom. The molecule has 2 aromatic rings. The van der Waals surface area contributed by atoms with E-state index in [1.807, 2.05) is 24.3 Å². The molecular weight excluding hydrogens is 316 g/mol. The first-order valence-electron chi connectivity index (χ1n) is 6.44. The molecule has 0 aliphatic carbocycles. The maximum absolute atomic E-state index is 8.85. The molecule has 0 spiro atoms. The lowest BCUT2D eigenvalue weighted by molar-refractivity contribution is 0.357. The number of nitrogens with one attached hydrogen (secondary N) is 1. The Morgan fingerprint density at radius 2 is 2.15 bits per heavy atom. The molecule has 100 valence electrons. The van der Waals surface area contributed by atoms with Crippen LogP contribution in [0.1, 0.15) is 16.7 Å². The molecular formula is C16H13BrN2O. The van der Waals surface area contributed by atoms with Crippen LogP contribution in [0.15, 0.2) is 40.9 Å². The highest BCUT2D eigenvalue weighted by atomic mass is 79.9. The van der Waals surface area contributed by atoms with Gasteiger partial charge in [0.25, 0.3) is 0 Å². The Hall–Kier alpha value is -1.99. The molecule has 20 heavy (non-hydrogen) atoms. The predicted molar refractivity (Wildman–Crippen MR) is 81.8 cm³/mol. The van der Waals surface area contributed by atoms with Crippen LogP contribution in [-0.2, 0) is 13.0 Å². The molecule has 0 aromatic heterocycles. The summed E-state index contributed by atoms with van der Waals surface area (Å²) in [5.41, 5.74) is 4.14. The second-order valence-electron chi connectivity index (χ2n) is 4.70. The zero-order valence-electron chi connectivity index (χ0n) is 10.8. The molecule has 4 heteroatoms. The van der Waals surface area contributed by atoms with Gasteiger partial charge in [0.1, 0.15) is 5.75 Å². The Labute approximate surface area is 126 Å². The van der Waals surface area contributed by atoms with Crippen molar-refractivity contribution in [3.05, 3.63) is 57.6 Å². The van der Waals surface area contributed by atoms with E-state index in [4.69, 9.17) is 10.00 Å². The monoisotopic (exact) mass is 328 g/mol. The fraction of sp³-hybridized carbons (Fsp3) is 0.188. The smallest absolute Gasteiger partial charge is 0.122 e. The SMILES string of the molecule is N#Cc1ccc(NCc2ccc3c(c2)CCO3)c(Br)c1. The number of ether oxygens (including phenoxy) is 1. The van der Waals surface area contributed by atoms with Gasteiger partial charge in [0.15, 0.2) is 0 Å². The number of benzene rings is 2. The summed E-state index contributed by atoms with van der Waals surface area (Å²) in [6, 6.07) is 14.0. The van der Waals surface area contributed by atoms with Crippen molar-refractivity contribution in [3.8, 4) is 11.8 Å². The number of fused-ring (bicyclic) bond motifs is 1. The van der Waals surface area contributed by atoms with Crippen LogP contribution in [0, 0.1) is 11.3 Å². The van der Waals surface area contributed by atoms with Crippen LogP contribution in [0.25, 0.3) is 0 Å². The zero-order chi connectivity index (χ0) is 13.9. The molecule has 0 amide bonds. The molecule has 2 aromatic carbocycles. The summed E-state index contributed by atoms with van der Waals surface area (Å²) in [5.74, 6) is 1.01. The number of nitrogens with zero attached hydrogens (tertiary/aromatic N) is 1. The first-order valence-corrected chi connectivity index (χ1v) is 7.24. The second kappa shape index (κ2) is 5.56. The van der Waals surface area contributed by atoms with Gasteiger partial charge in [-0.05, 0) is 51.3 Å². The highest BCUT2D eigenvalue weighted by Gasteiger charge is 2.11. The van der Waals surface area contributed by atoms with Gasteiger partial charge in [-0.25, -0.2) is 0 Å². The van der Waals surface area contributed by atoms with Crippen LogP contribution in [0.3, 0.4) is 0 Å². The third kappa shape index (κ3) is 2.63. The molecule has 0 unspecified atom stereocenters. The number of halogens is 1. The average Bonchev–Trinajstić information content (AvgIpc) is 2.93. The van der Waals surface area contributed by atoms with E-state index in [0.29, 0.717) is 5.56 Å². The summed E-state index contributed by atoms with van der Waals surface area (Å²) in [7, 11) is 0. The second-order valence-corrected chi connectivity index (χ2v) is 5.55. The van der Waals surface area contributed by atoms with Gasteiger partial charge >= 0.3 is 0 Å². The van der Waals surface area contributed by atoms with Gasteiger partial charge in [0, 0.05) is 23.1 Å². The van der Waals surface area contributed by atoms with Crippen LogP contribution in [-0.4, -0.2) is 6.61 Å². The molecule has 0 bridgehead atoms. The molecule has 1 N–H and O–H groups in total. The molecule has 1 aliphatic rings. The highest BCUT2D eigenvalue weighted by Crippen LogP contribution is 2.27. The van der Waals surface area contributed by atoms with Crippen molar-refractivity contribution in [2.45, 2.75) is 13.0 Å². The minimum Gasteiger partial charge on any atom is -0.493 e. The molecule has 1 heterocycles. The Balaban J connectivity index is 1.72. The molecule has 0 radical (unpaired) electrons. The van der Waals surface area contributed by atoms with Gasteiger partial charge < -0.3 is 10.1 Å². The van der Waals surface area contributed by atoms with Gasteiger partial charge in [0.05, 0.1) is 18.2 Å². The Morgan fingerprint density at radius 1 is 1.25 bits per heavy atom. The van der Waals surface area contributed by atoms with Crippen molar-refractivity contribution in [2.75, 3.05) is 11.9 Å². The molecule has 3 rings (SSSR count). The quantitative estimate of drug-likeness (QED) is 0.930. The molecule has 3 nitrogen and oxygen atoms in total. The van der Waals surface area contributed by atoms with Gasteiger partial charge in [-0.15, -0.1) is 0 Å². The predicted octanol–water partition coefficient (Wildman–Crippen LogP) is 3.87. The number of rotatable bonds is 3. The maximum atomic E-state index is 8.85. The largest absolute Gasteiger partial charge is 0.493 e. The summed E-state index contributed by atoms with van der Waals surface area (Å²) < 4.78 is 6.41. The van der Waals surface area contributed by atoms with Crippen molar-refractivity contribution in [2.24, 2.45) is 0 Å². The molecule has 1 aliphatic heterocycles. The van der Waals surface area contributed by atoms with E-state index in [9.17, 15) is 0 Å². The van der Waals surface area contributed by atoms with Gasteiger partial charge in [0.2, 0.25) is 0 Å². The Bertz CT molecular complexity index is 691. The number of hydrogen-bond donors (Lipinski definition) is 1. The number of hydrogen-bond acceptors (Lipinski definition) is 3. The van der Waals surface area contributed by atoms with Crippen LogP contribution in [0.5, 0.6) is 5.75 Å². The van der Waals surface area contributed by atoms with E-state index < -0.39 is 0 Å². The Kier molecular flexibility index (Phi) is 3.62. The van der Waals surface area contributed by atoms with Gasteiger partial charge in [-0.2, -0.15) is 5.26 Å². The normalized spacial score (nSPS) is 12.4. The number of anilines is 1. The van der Waals surface area contributed by atoms with Crippen molar-refractivity contribution < 1.29 is 4.74 Å². The fourth-order valence-corrected chi connectivity index (χ4v) is 2.79. The standard InChI is InChI=1S/C16H13BrN2O/c17-14-8-11(9-18)1-3-15(14)19-10-12-2-4-16-13(7-12)5-6-20-16/h1-4,7-8,19H,5-6,10H2. The molecule has 0 saturated carbocycles. The van der Waals surface area contributed by atoms with Crippen LogP contribution in [0.4, 0.5) is 5.69 Å². The zero-order valence-corrected chi connectivity index (χ0v) is 12.4. The van der Waals surface area contributed by atoms with Crippen LogP contribution >= 0.6 is 15.9 Å². The summed E-state index contributed by atoms with van der Waals surface area (Å²) in [5, 5.41) is 12.2. The van der Waals surface area contributed by atoms with Crippen molar-refractivity contribution >= 4 is 21.6 Å². The van der Waals surface area contributed by atoms with E-state index in [1.165, 1.54) is 11.1 Å². The van der Waals surface area contributed by atoms with E-state index in [-0.39, 0.29) is 0 Å². The summed E-state index contributed by atoms with van der Waals surface area (Å²) in [6.45, 7) is 1.53. The van der Waals surface area contributed by atoms with E-state index in [1.54, 1.807) is 0 Å². The third-order valence-corrected chi connectivity index (χ3v) is 3.99. The lowest BCUT2D eigenvalue weighted by Gasteiger charge is -2.10. The number of nitriles is 1. The lowest BCUT2D eigenvalue weighted by Crippen LogP contribution is -2.00. The van der Waals surface area contributed by atoms with Crippen molar-refractivity contribution in [3.63, 3.8) is 0 Å². The van der Waals surface area contributed by atoms with Crippen molar-refractivity contribution in [1.82, 2.24) is 0 Å². The molecule has 0 saturated heterocycles. The minimum atomic E-state index is 0.650. The van der Waals surface area contributed by atoms with Gasteiger partial charge in [-0.3, -0.25) is 0 Å². The molecule has 0 fully saturated rings. The fourth-order valence-electron chi connectivity index (χ4n) is 2.28. The van der Waals surface area contributed by atoms with E-state index in [0.717, 1.165) is 35.5 Å². The average molecular weight is 329 g/mol. The topological polar surface area (TPSA) is 45.0 Å². The lowest BCUT2D eigenvalue weighted by atomic mass is 10.1. The maximum Gasteiger partial charge on any atom is 0.122 e. The molecule has 0 atom stereocenters. The van der Waals surface area contributed by atoms with Crippen LogP contribution in [0.2, 0.25) is 0 Å². The first kappa shape index (κ1) is 13.0. The van der Waals surface area contributed by atoms with E-state index >= 15 is 0 Å². The highest BCUT2D eigenvalue weighted by molar-refractivity contribution is 9.10. The van der Waals surface area contributed by atoms with E-state index in [2.05, 4.69) is 39.4 Å². The minimum absolute atomic E-state index is 0.650. The first-order chi connectivity index (χ1) is 9.76. The third-order valence-electron chi connectivity index (χ3n) is 3.34. The van der Waals surface area contributed by atoms with Crippen molar-refractivity contribution in [1.29, 1.82) is 5.26 Å². The summed E-state index contributed by atoms with van der Waals surface area (Å²) >= 11 is 3.48. The van der Waals surface area contributed by atoms with Gasteiger partial charge in [-0.1, -0.05) is 12.1 Å².